The standard InChI is InChI=1S/C12H9Cl2FN2/c13-9-5-11(14)12(17-7-9)16-6-8-2-1-3-10(15)4-8/h1-5,7H,6H2,(H,16,17). The second-order valence-corrected chi connectivity index (χ2v) is 4.31. The lowest BCUT2D eigenvalue weighted by atomic mass is 10.2. The van der Waals surface area contributed by atoms with Gasteiger partial charge in [-0.15, -0.1) is 0 Å². The quantitative estimate of drug-likeness (QED) is 0.907. The number of rotatable bonds is 3. The molecule has 0 spiro atoms. The normalized spacial score (nSPS) is 10.3. The molecule has 2 nitrogen and oxygen atoms in total. The van der Waals surface area contributed by atoms with E-state index in [0.717, 1.165) is 5.56 Å². The number of aromatic nitrogens is 1. The Morgan fingerprint density at radius 1 is 1.24 bits per heavy atom. The van der Waals surface area contributed by atoms with Crippen LogP contribution in [0.1, 0.15) is 5.56 Å². The average Bonchev–Trinajstić information content (AvgIpc) is 2.28. The van der Waals surface area contributed by atoms with E-state index in [1.807, 2.05) is 6.07 Å². The Hall–Kier alpha value is -1.32. The number of nitrogens with one attached hydrogen (secondary N) is 1. The molecule has 1 aromatic carbocycles. The third kappa shape index (κ3) is 3.32. The summed E-state index contributed by atoms with van der Waals surface area (Å²) in [5, 5.41) is 3.93. The fourth-order valence-electron chi connectivity index (χ4n) is 1.38. The lowest BCUT2D eigenvalue weighted by Crippen LogP contribution is -2.02. The Kier molecular flexibility index (Phi) is 3.82. The van der Waals surface area contributed by atoms with Gasteiger partial charge in [-0.1, -0.05) is 35.3 Å². The van der Waals surface area contributed by atoms with Crippen LogP contribution >= 0.6 is 23.2 Å². The molecule has 0 saturated heterocycles. The Morgan fingerprint density at radius 3 is 2.76 bits per heavy atom. The third-order valence-corrected chi connectivity index (χ3v) is 2.65. The van der Waals surface area contributed by atoms with Gasteiger partial charge in [0.15, 0.2) is 0 Å². The molecule has 0 aliphatic carbocycles. The van der Waals surface area contributed by atoms with Crippen molar-refractivity contribution in [2.45, 2.75) is 6.54 Å². The first-order chi connectivity index (χ1) is 8.15. The van der Waals surface area contributed by atoms with Crippen molar-refractivity contribution < 1.29 is 4.39 Å². The van der Waals surface area contributed by atoms with Gasteiger partial charge in [0.1, 0.15) is 11.6 Å². The van der Waals surface area contributed by atoms with Gasteiger partial charge in [-0.3, -0.25) is 0 Å². The highest BCUT2D eigenvalue weighted by Gasteiger charge is 2.02. The fourth-order valence-corrected chi connectivity index (χ4v) is 1.82. The largest absolute Gasteiger partial charge is 0.365 e. The third-order valence-electron chi connectivity index (χ3n) is 2.16. The molecule has 1 N–H and O–H groups in total. The lowest BCUT2D eigenvalue weighted by Gasteiger charge is -2.07. The predicted molar refractivity (Wildman–Crippen MR) is 68.0 cm³/mol. The highest BCUT2D eigenvalue weighted by molar-refractivity contribution is 6.35. The zero-order valence-electron chi connectivity index (χ0n) is 8.75. The molecule has 17 heavy (non-hydrogen) atoms. The van der Waals surface area contributed by atoms with Gasteiger partial charge < -0.3 is 5.32 Å². The van der Waals surface area contributed by atoms with E-state index in [0.29, 0.717) is 22.4 Å². The van der Waals surface area contributed by atoms with Crippen LogP contribution < -0.4 is 5.32 Å². The molecular weight excluding hydrogens is 262 g/mol. The van der Waals surface area contributed by atoms with Gasteiger partial charge in [-0.05, 0) is 23.8 Å². The van der Waals surface area contributed by atoms with Gasteiger partial charge in [0.2, 0.25) is 0 Å². The Balaban J connectivity index is 2.07. The highest BCUT2D eigenvalue weighted by atomic mass is 35.5. The highest BCUT2D eigenvalue weighted by Crippen LogP contribution is 2.22. The van der Waals surface area contributed by atoms with Crippen LogP contribution in [0.3, 0.4) is 0 Å². The van der Waals surface area contributed by atoms with Crippen molar-refractivity contribution in [1.82, 2.24) is 4.98 Å². The summed E-state index contributed by atoms with van der Waals surface area (Å²) in [6.45, 7) is 0.451. The van der Waals surface area contributed by atoms with E-state index in [1.54, 1.807) is 12.1 Å². The van der Waals surface area contributed by atoms with Crippen molar-refractivity contribution in [3.63, 3.8) is 0 Å². The van der Waals surface area contributed by atoms with Crippen LogP contribution in [0.4, 0.5) is 10.2 Å². The second kappa shape index (κ2) is 5.34. The Labute approximate surface area is 108 Å². The molecule has 0 bridgehead atoms. The molecule has 0 unspecified atom stereocenters. The monoisotopic (exact) mass is 270 g/mol. The Morgan fingerprint density at radius 2 is 2.06 bits per heavy atom. The maximum absolute atomic E-state index is 12.9. The molecule has 0 fully saturated rings. The number of hydrogen-bond donors (Lipinski definition) is 1. The van der Waals surface area contributed by atoms with E-state index in [4.69, 9.17) is 23.2 Å². The van der Waals surface area contributed by atoms with E-state index in [2.05, 4.69) is 10.3 Å². The molecule has 88 valence electrons. The van der Waals surface area contributed by atoms with Crippen molar-refractivity contribution in [2.75, 3.05) is 5.32 Å². The van der Waals surface area contributed by atoms with Crippen LogP contribution in [0.5, 0.6) is 0 Å². The number of nitrogens with zero attached hydrogens (tertiary/aromatic N) is 1. The number of pyridine rings is 1. The first-order valence-corrected chi connectivity index (χ1v) is 5.70. The second-order valence-electron chi connectivity index (χ2n) is 3.47. The van der Waals surface area contributed by atoms with Crippen molar-refractivity contribution in [1.29, 1.82) is 0 Å². The van der Waals surface area contributed by atoms with E-state index in [9.17, 15) is 4.39 Å². The molecule has 5 heteroatoms. The van der Waals surface area contributed by atoms with Crippen molar-refractivity contribution in [3.05, 3.63) is 58.0 Å². The Bertz CT molecular complexity index is 532. The molecule has 0 aliphatic heterocycles. The maximum atomic E-state index is 12.9. The smallest absolute Gasteiger partial charge is 0.145 e. The van der Waals surface area contributed by atoms with Crippen LogP contribution in [-0.2, 0) is 6.54 Å². The minimum atomic E-state index is -0.264. The van der Waals surface area contributed by atoms with Crippen LogP contribution in [-0.4, -0.2) is 4.98 Å². The number of benzene rings is 1. The van der Waals surface area contributed by atoms with E-state index >= 15 is 0 Å². The molecule has 0 saturated carbocycles. The van der Waals surface area contributed by atoms with Crippen molar-refractivity contribution >= 4 is 29.0 Å². The summed E-state index contributed by atoms with van der Waals surface area (Å²) < 4.78 is 12.9. The van der Waals surface area contributed by atoms with Gasteiger partial charge in [0.05, 0.1) is 10.0 Å². The fraction of sp³-hybridized carbons (Fsp3) is 0.0833. The van der Waals surface area contributed by atoms with Crippen LogP contribution in [0.2, 0.25) is 10.0 Å². The van der Waals surface area contributed by atoms with Crippen LogP contribution in [0, 0.1) is 5.82 Å². The minimum absolute atomic E-state index is 0.264. The summed E-state index contributed by atoms with van der Waals surface area (Å²) in [7, 11) is 0. The number of halogens is 3. The number of hydrogen-bond acceptors (Lipinski definition) is 2. The molecule has 0 amide bonds. The lowest BCUT2D eigenvalue weighted by molar-refractivity contribution is 0.626. The minimum Gasteiger partial charge on any atom is -0.365 e. The van der Waals surface area contributed by atoms with Crippen molar-refractivity contribution in [2.24, 2.45) is 0 Å². The average molecular weight is 271 g/mol. The van der Waals surface area contributed by atoms with E-state index in [1.165, 1.54) is 18.3 Å². The molecule has 2 aromatic rings. The van der Waals surface area contributed by atoms with Gasteiger partial charge in [-0.2, -0.15) is 0 Å². The molecule has 0 aliphatic rings. The van der Waals surface area contributed by atoms with E-state index in [-0.39, 0.29) is 5.82 Å². The maximum Gasteiger partial charge on any atom is 0.145 e. The summed E-state index contributed by atoms with van der Waals surface area (Å²) in [6.07, 6.45) is 1.50. The molecular formula is C12H9Cl2FN2. The summed E-state index contributed by atoms with van der Waals surface area (Å²) >= 11 is 11.7. The van der Waals surface area contributed by atoms with Gasteiger partial charge in [-0.25, -0.2) is 9.37 Å². The summed E-state index contributed by atoms with van der Waals surface area (Å²) in [5.74, 6) is 0.264. The van der Waals surface area contributed by atoms with Gasteiger partial charge in [0, 0.05) is 12.7 Å². The SMILES string of the molecule is Fc1cccc(CNc2ncc(Cl)cc2Cl)c1. The zero-order valence-corrected chi connectivity index (χ0v) is 10.3. The molecule has 1 aromatic heterocycles. The molecule has 2 rings (SSSR count). The topological polar surface area (TPSA) is 24.9 Å². The summed E-state index contributed by atoms with van der Waals surface area (Å²) in [4.78, 5) is 4.05. The predicted octanol–water partition coefficient (Wildman–Crippen LogP) is 4.14. The molecule has 1 heterocycles. The van der Waals surface area contributed by atoms with Gasteiger partial charge >= 0.3 is 0 Å². The first-order valence-electron chi connectivity index (χ1n) is 4.94. The van der Waals surface area contributed by atoms with Crippen LogP contribution in [0.15, 0.2) is 36.5 Å². The van der Waals surface area contributed by atoms with Gasteiger partial charge in [0.25, 0.3) is 0 Å². The first kappa shape index (κ1) is 12.1. The summed E-state index contributed by atoms with van der Waals surface area (Å²) in [6, 6.07) is 7.93. The van der Waals surface area contributed by atoms with Crippen molar-refractivity contribution in [3.8, 4) is 0 Å². The van der Waals surface area contributed by atoms with E-state index < -0.39 is 0 Å². The van der Waals surface area contributed by atoms with Crippen LogP contribution in [0.25, 0.3) is 0 Å². The zero-order chi connectivity index (χ0) is 12.3. The number of anilines is 1. The molecule has 0 radical (unpaired) electrons. The molecule has 0 atom stereocenters. The summed E-state index contributed by atoms with van der Waals surface area (Å²) in [5.41, 5.74) is 0.817.